The fraction of sp³-hybridized carbons (Fsp3) is 0. The van der Waals surface area contributed by atoms with Gasteiger partial charge < -0.3 is 4.90 Å². The van der Waals surface area contributed by atoms with Crippen LogP contribution >= 0.6 is 11.3 Å². The molecule has 1 heterocycles. The molecule has 6 aromatic carbocycles. The van der Waals surface area contributed by atoms with Gasteiger partial charge in [-0.1, -0.05) is 97.1 Å². The number of hydrogen-bond acceptors (Lipinski definition) is 2. The lowest BCUT2D eigenvalue weighted by Gasteiger charge is -2.25. The summed E-state index contributed by atoms with van der Waals surface area (Å²) in [6, 6.07) is 54.3. The summed E-state index contributed by atoms with van der Waals surface area (Å²) < 4.78 is 2.66. The molecule has 1 nitrogen and oxygen atoms in total. The lowest BCUT2D eigenvalue weighted by Crippen LogP contribution is -2.09. The summed E-state index contributed by atoms with van der Waals surface area (Å²) in [6.45, 7) is 0. The van der Waals surface area contributed by atoms with Gasteiger partial charge in [0.25, 0.3) is 0 Å². The second kappa shape index (κ2) is 9.66. The Labute approximate surface area is 226 Å². The van der Waals surface area contributed by atoms with E-state index in [1.165, 1.54) is 42.4 Å². The van der Waals surface area contributed by atoms with E-state index in [-0.39, 0.29) is 0 Å². The SMILES string of the molecule is c1ccc(-c2cc(-c3ccc(N(c4ccccc4)c4ccccc4)cc3)c3sc4ccccc4c3c2)cc1. The van der Waals surface area contributed by atoms with Gasteiger partial charge in [-0.2, -0.15) is 0 Å². The Hall–Kier alpha value is -4.66. The highest BCUT2D eigenvalue weighted by Crippen LogP contribution is 2.43. The summed E-state index contributed by atoms with van der Waals surface area (Å²) in [6.07, 6.45) is 0. The molecular formula is C36H25NS. The van der Waals surface area contributed by atoms with Gasteiger partial charge in [0.2, 0.25) is 0 Å². The molecule has 0 amide bonds. The number of thiophene rings is 1. The van der Waals surface area contributed by atoms with Crippen molar-refractivity contribution in [3.8, 4) is 22.3 Å². The minimum absolute atomic E-state index is 1.14. The molecule has 0 bridgehead atoms. The van der Waals surface area contributed by atoms with Crippen molar-refractivity contribution in [2.75, 3.05) is 4.90 Å². The van der Waals surface area contributed by atoms with Crippen LogP contribution < -0.4 is 4.90 Å². The molecule has 2 heteroatoms. The molecule has 0 fully saturated rings. The first-order chi connectivity index (χ1) is 18.8. The quantitative estimate of drug-likeness (QED) is 0.226. The fourth-order valence-corrected chi connectivity index (χ4v) is 6.45. The summed E-state index contributed by atoms with van der Waals surface area (Å²) in [5, 5.41) is 2.64. The van der Waals surface area contributed by atoms with Gasteiger partial charge >= 0.3 is 0 Å². The molecule has 38 heavy (non-hydrogen) atoms. The molecule has 0 radical (unpaired) electrons. The van der Waals surface area contributed by atoms with Crippen molar-refractivity contribution < 1.29 is 0 Å². The van der Waals surface area contributed by atoms with Crippen LogP contribution in [0, 0.1) is 0 Å². The molecule has 1 aromatic heterocycles. The van der Waals surface area contributed by atoms with Crippen LogP contribution in [-0.4, -0.2) is 0 Å². The van der Waals surface area contributed by atoms with Crippen molar-refractivity contribution in [1.29, 1.82) is 0 Å². The Kier molecular flexibility index (Phi) is 5.73. The number of rotatable bonds is 5. The second-order valence-corrected chi connectivity index (χ2v) is 10.5. The number of hydrogen-bond donors (Lipinski definition) is 0. The van der Waals surface area contributed by atoms with Crippen LogP contribution in [-0.2, 0) is 0 Å². The van der Waals surface area contributed by atoms with Crippen molar-refractivity contribution in [2.45, 2.75) is 0 Å². The molecule has 180 valence electrons. The van der Waals surface area contributed by atoms with Gasteiger partial charge in [0.1, 0.15) is 0 Å². The normalized spacial score (nSPS) is 11.2. The van der Waals surface area contributed by atoms with Crippen LogP contribution in [0.25, 0.3) is 42.4 Å². The van der Waals surface area contributed by atoms with E-state index in [0.29, 0.717) is 0 Å². The Bertz CT molecular complexity index is 1800. The van der Waals surface area contributed by atoms with Gasteiger partial charge in [-0.25, -0.2) is 0 Å². The summed E-state index contributed by atoms with van der Waals surface area (Å²) in [5.74, 6) is 0. The van der Waals surface area contributed by atoms with E-state index in [0.717, 1.165) is 17.1 Å². The van der Waals surface area contributed by atoms with Crippen LogP contribution in [0.5, 0.6) is 0 Å². The number of benzene rings is 6. The van der Waals surface area contributed by atoms with E-state index in [9.17, 15) is 0 Å². The van der Waals surface area contributed by atoms with Crippen LogP contribution in [0.2, 0.25) is 0 Å². The number of fused-ring (bicyclic) bond motifs is 3. The summed E-state index contributed by atoms with van der Waals surface area (Å²) in [4.78, 5) is 2.30. The summed E-state index contributed by atoms with van der Waals surface area (Å²) in [7, 11) is 0. The van der Waals surface area contributed by atoms with Crippen LogP contribution in [0.15, 0.2) is 152 Å². The molecule has 0 atom stereocenters. The topological polar surface area (TPSA) is 3.24 Å². The van der Waals surface area contributed by atoms with E-state index in [1.807, 2.05) is 11.3 Å². The maximum atomic E-state index is 2.36. The van der Waals surface area contributed by atoms with Crippen LogP contribution in [0.3, 0.4) is 0 Å². The van der Waals surface area contributed by atoms with Gasteiger partial charge in [-0.3, -0.25) is 0 Å². The largest absolute Gasteiger partial charge is 0.311 e. The van der Waals surface area contributed by atoms with Gasteiger partial charge in [-0.15, -0.1) is 11.3 Å². The lowest BCUT2D eigenvalue weighted by molar-refractivity contribution is 1.28. The van der Waals surface area contributed by atoms with Gasteiger partial charge in [-0.05, 0) is 71.3 Å². The zero-order chi connectivity index (χ0) is 25.3. The molecule has 0 saturated carbocycles. The highest BCUT2D eigenvalue weighted by atomic mass is 32.1. The highest BCUT2D eigenvalue weighted by molar-refractivity contribution is 7.26. The monoisotopic (exact) mass is 503 g/mol. The third-order valence-electron chi connectivity index (χ3n) is 7.05. The van der Waals surface area contributed by atoms with Gasteiger partial charge in [0.15, 0.2) is 0 Å². The Morgan fingerprint density at radius 2 is 0.947 bits per heavy atom. The second-order valence-electron chi connectivity index (χ2n) is 9.42. The molecule has 0 unspecified atom stereocenters. The zero-order valence-corrected chi connectivity index (χ0v) is 21.6. The van der Waals surface area contributed by atoms with E-state index in [4.69, 9.17) is 0 Å². The maximum Gasteiger partial charge on any atom is 0.0462 e. The molecule has 0 aliphatic heterocycles. The number of nitrogens with zero attached hydrogens (tertiary/aromatic N) is 1. The zero-order valence-electron chi connectivity index (χ0n) is 20.8. The van der Waals surface area contributed by atoms with E-state index >= 15 is 0 Å². The van der Waals surface area contributed by atoms with Crippen LogP contribution in [0.4, 0.5) is 17.1 Å². The predicted molar refractivity (Wildman–Crippen MR) is 165 cm³/mol. The molecular weight excluding hydrogens is 478 g/mol. The average molecular weight is 504 g/mol. The molecule has 7 aromatic rings. The minimum atomic E-state index is 1.14. The molecule has 0 aliphatic carbocycles. The first-order valence-electron chi connectivity index (χ1n) is 12.9. The van der Waals surface area contributed by atoms with Crippen LogP contribution in [0.1, 0.15) is 0 Å². The Morgan fingerprint density at radius 1 is 0.395 bits per heavy atom. The highest BCUT2D eigenvalue weighted by Gasteiger charge is 2.15. The third-order valence-corrected chi connectivity index (χ3v) is 8.27. The fourth-order valence-electron chi connectivity index (χ4n) is 5.23. The van der Waals surface area contributed by atoms with E-state index in [1.54, 1.807) is 0 Å². The van der Waals surface area contributed by atoms with Gasteiger partial charge in [0.05, 0.1) is 0 Å². The number of para-hydroxylation sites is 2. The van der Waals surface area contributed by atoms with Crippen molar-refractivity contribution in [3.63, 3.8) is 0 Å². The standard InChI is InChI=1S/C36H25NS/c1-4-12-26(13-5-1)28-24-33(36-34(25-28)32-18-10-11-19-35(32)38-36)27-20-22-31(23-21-27)37(29-14-6-2-7-15-29)30-16-8-3-9-17-30/h1-25H. The van der Waals surface area contributed by atoms with E-state index in [2.05, 4.69) is 157 Å². The molecule has 0 aliphatic rings. The minimum Gasteiger partial charge on any atom is -0.311 e. The number of anilines is 3. The maximum absolute atomic E-state index is 2.36. The van der Waals surface area contributed by atoms with Crippen molar-refractivity contribution in [2.24, 2.45) is 0 Å². The summed E-state index contributed by atoms with van der Waals surface area (Å²) in [5.41, 5.74) is 8.41. The first-order valence-corrected chi connectivity index (χ1v) is 13.7. The Balaban J connectivity index is 1.39. The molecule has 0 spiro atoms. The average Bonchev–Trinajstić information content (AvgIpc) is 3.38. The van der Waals surface area contributed by atoms with Crippen molar-refractivity contribution in [1.82, 2.24) is 0 Å². The van der Waals surface area contributed by atoms with Gasteiger partial charge in [0, 0.05) is 42.8 Å². The molecule has 7 rings (SSSR count). The third kappa shape index (κ3) is 4.06. The first kappa shape index (κ1) is 22.5. The smallest absolute Gasteiger partial charge is 0.0462 e. The van der Waals surface area contributed by atoms with Crippen molar-refractivity contribution in [3.05, 3.63) is 152 Å². The predicted octanol–water partition coefficient (Wildman–Crippen LogP) is 10.9. The summed E-state index contributed by atoms with van der Waals surface area (Å²) >= 11 is 1.88. The molecule has 0 N–H and O–H groups in total. The lowest BCUT2D eigenvalue weighted by atomic mass is 9.96. The molecule has 0 saturated heterocycles. The van der Waals surface area contributed by atoms with E-state index < -0.39 is 0 Å². The van der Waals surface area contributed by atoms with Crippen molar-refractivity contribution >= 4 is 48.6 Å². The Morgan fingerprint density at radius 3 is 1.61 bits per heavy atom.